The lowest BCUT2D eigenvalue weighted by Gasteiger charge is -2.48. The molecule has 0 spiro atoms. The third-order valence-electron chi connectivity index (χ3n) is 9.33. The molecule has 1 fully saturated rings. The zero-order valence-electron chi connectivity index (χ0n) is 29.1. The fourth-order valence-electron chi connectivity index (χ4n) is 6.64. The summed E-state index contributed by atoms with van der Waals surface area (Å²) in [6, 6.07) is -0.258. The monoisotopic (exact) mass is 654 g/mol. The van der Waals surface area contributed by atoms with Gasteiger partial charge < -0.3 is 38.8 Å². The summed E-state index contributed by atoms with van der Waals surface area (Å²) < 4.78 is 30.4. The Bertz CT molecular complexity index is 1160. The first-order valence-electron chi connectivity index (χ1n) is 15.9. The fourth-order valence-corrected chi connectivity index (χ4v) is 6.64. The maximum absolute atomic E-state index is 13.9. The maximum Gasteiger partial charge on any atom is 0.311 e. The molecule has 0 aromatic carbocycles. The molecular weight excluding hydrogens is 600 g/mol. The molecule has 0 amide bonds. The van der Waals surface area contributed by atoms with Crippen molar-refractivity contribution in [2.75, 3.05) is 27.7 Å². The van der Waals surface area contributed by atoms with Crippen LogP contribution in [0.25, 0.3) is 10.4 Å². The van der Waals surface area contributed by atoms with Crippen molar-refractivity contribution in [1.82, 2.24) is 4.90 Å². The number of cyclic esters (lactones) is 1. The molecule has 262 valence electrons. The highest BCUT2D eigenvalue weighted by Gasteiger charge is 2.50. The molecule has 12 atom stereocenters. The molecule has 2 rings (SSSR count). The molecule has 2 aliphatic heterocycles. The molecule has 1 saturated heterocycles. The van der Waals surface area contributed by atoms with E-state index in [-0.39, 0.29) is 37.1 Å². The second-order valence-corrected chi connectivity index (χ2v) is 13.5. The van der Waals surface area contributed by atoms with Crippen LogP contribution in [0.4, 0.5) is 0 Å². The topological polar surface area (TPSA) is 190 Å². The minimum atomic E-state index is -1.79. The van der Waals surface area contributed by atoms with Crippen LogP contribution in [0.1, 0.15) is 74.7 Å². The van der Waals surface area contributed by atoms with Crippen molar-refractivity contribution in [3.8, 4) is 0 Å². The number of carbonyl (C=O) groups excluding carboxylic acids is 3. The third-order valence-corrected chi connectivity index (χ3v) is 9.33. The number of rotatable bonds is 8. The molecule has 2 N–H and O–H groups in total. The number of nitrogens with zero attached hydrogens (tertiary/aromatic N) is 4. The number of methoxy groups -OCH3 is 1. The first-order chi connectivity index (χ1) is 21.3. The van der Waals surface area contributed by atoms with Crippen molar-refractivity contribution in [1.29, 1.82) is 0 Å². The minimum absolute atomic E-state index is 0.0482. The van der Waals surface area contributed by atoms with Gasteiger partial charge in [0.2, 0.25) is 0 Å². The third kappa shape index (κ3) is 9.50. The Balaban J connectivity index is 2.74. The van der Waals surface area contributed by atoms with Crippen LogP contribution in [0, 0.1) is 17.8 Å². The smallest absolute Gasteiger partial charge is 0.311 e. The van der Waals surface area contributed by atoms with Gasteiger partial charge in [0.1, 0.15) is 11.7 Å². The number of hydrogen-bond acceptors (Lipinski definition) is 12. The average Bonchev–Trinajstić information content (AvgIpc) is 2.98. The molecule has 46 heavy (non-hydrogen) atoms. The SMILES string of the molecule is CC[C@H]1OC(=O)[C@H](C)[C@@H](O)[C@H](C)[C@@H](O[C@@H]2O[C@H](C)C[C@H](N(C)C)[C@H]2OC(C)=O)[C@@](C)(OC)C[C@@H](C)C(=O)C(CN=[N+]=[N-])=C[C@]1(C)O. The molecule has 0 radical (unpaired) electrons. The van der Waals surface area contributed by atoms with Gasteiger partial charge in [0.15, 0.2) is 18.2 Å². The molecule has 0 aromatic rings. The van der Waals surface area contributed by atoms with Gasteiger partial charge in [-0.25, -0.2) is 0 Å². The number of carbonyl (C=O) groups is 3. The first-order valence-corrected chi connectivity index (χ1v) is 15.9. The summed E-state index contributed by atoms with van der Waals surface area (Å²) in [4.78, 5) is 44.3. The lowest BCUT2D eigenvalue weighted by Crippen LogP contribution is -2.60. The van der Waals surface area contributed by atoms with Gasteiger partial charge in [-0.1, -0.05) is 25.9 Å². The Hall–Kier alpha value is -2.58. The quantitative estimate of drug-likeness (QED) is 0.169. The van der Waals surface area contributed by atoms with E-state index in [9.17, 15) is 24.6 Å². The number of aliphatic hydroxyl groups excluding tert-OH is 1. The van der Waals surface area contributed by atoms with Crippen molar-refractivity contribution in [3.63, 3.8) is 0 Å². The zero-order chi connectivity index (χ0) is 35.1. The predicted octanol–water partition coefficient (Wildman–Crippen LogP) is 3.33. The largest absolute Gasteiger partial charge is 0.459 e. The van der Waals surface area contributed by atoms with Crippen molar-refractivity contribution < 1.29 is 48.3 Å². The highest BCUT2D eigenvalue weighted by atomic mass is 16.7. The van der Waals surface area contributed by atoms with Gasteiger partial charge in [-0.2, -0.15) is 0 Å². The molecule has 0 bridgehead atoms. The molecule has 2 aliphatic rings. The first kappa shape index (κ1) is 39.6. The van der Waals surface area contributed by atoms with Crippen LogP contribution in [-0.2, 0) is 38.1 Å². The Morgan fingerprint density at radius 2 is 1.85 bits per heavy atom. The van der Waals surface area contributed by atoms with E-state index in [4.69, 9.17) is 29.2 Å². The number of likely N-dealkylation sites (N-methyl/N-ethyl adjacent to an activating group) is 1. The Morgan fingerprint density at radius 1 is 1.22 bits per heavy atom. The van der Waals surface area contributed by atoms with Gasteiger partial charge >= 0.3 is 11.9 Å². The van der Waals surface area contributed by atoms with Crippen molar-refractivity contribution in [3.05, 3.63) is 22.1 Å². The summed E-state index contributed by atoms with van der Waals surface area (Å²) in [6.07, 6.45) is -3.50. The van der Waals surface area contributed by atoms with E-state index < -0.39 is 77.4 Å². The second kappa shape index (κ2) is 16.5. The van der Waals surface area contributed by atoms with Gasteiger partial charge in [-0.3, -0.25) is 14.4 Å². The number of hydrogen-bond donors (Lipinski definition) is 2. The van der Waals surface area contributed by atoms with Crippen LogP contribution in [-0.4, -0.2) is 115 Å². The van der Waals surface area contributed by atoms with Gasteiger partial charge in [0.05, 0.1) is 42.4 Å². The highest BCUT2D eigenvalue weighted by Crippen LogP contribution is 2.39. The lowest BCUT2D eigenvalue weighted by molar-refractivity contribution is -0.303. The van der Waals surface area contributed by atoms with Crippen molar-refractivity contribution in [2.24, 2.45) is 22.9 Å². The van der Waals surface area contributed by atoms with Crippen LogP contribution in [0.5, 0.6) is 0 Å². The molecule has 0 aromatic heterocycles. The van der Waals surface area contributed by atoms with E-state index >= 15 is 0 Å². The summed E-state index contributed by atoms with van der Waals surface area (Å²) >= 11 is 0. The highest BCUT2D eigenvalue weighted by molar-refractivity contribution is 5.97. The molecule has 2 heterocycles. The van der Waals surface area contributed by atoms with Crippen LogP contribution in [0.15, 0.2) is 16.8 Å². The number of aliphatic hydroxyl groups is 2. The summed E-state index contributed by atoms with van der Waals surface area (Å²) in [5.74, 6) is -4.32. The van der Waals surface area contributed by atoms with Crippen molar-refractivity contribution >= 4 is 17.7 Å². The van der Waals surface area contributed by atoms with Crippen LogP contribution in [0.2, 0.25) is 0 Å². The Morgan fingerprint density at radius 3 is 2.37 bits per heavy atom. The average molecular weight is 655 g/mol. The molecule has 0 unspecified atom stereocenters. The van der Waals surface area contributed by atoms with Crippen molar-refractivity contribution in [2.45, 2.75) is 129 Å². The Labute approximate surface area is 272 Å². The normalized spacial score (nSPS) is 39.9. The van der Waals surface area contributed by atoms with Crippen LogP contribution < -0.4 is 0 Å². The summed E-state index contributed by atoms with van der Waals surface area (Å²) in [7, 11) is 5.19. The van der Waals surface area contributed by atoms with E-state index in [1.807, 2.05) is 25.9 Å². The minimum Gasteiger partial charge on any atom is -0.459 e. The second-order valence-electron chi connectivity index (χ2n) is 13.5. The molecule has 0 saturated carbocycles. The van der Waals surface area contributed by atoms with E-state index in [0.29, 0.717) is 6.42 Å². The predicted molar refractivity (Wildman–Crippen MR) is 168 cm³/mol. The molecular formula is C32H54N4O10. The summed E-state index contributed by atoms with van der Waals surface area (Å²) in [6.45, 7) is 12.6. The number of ether oxygens (including phenoxy) is 5. The Kier molecular flexibility index (Phi) is 14.2. The molecule has 14 nitrogen and oxygen atoms in total. The zero-order valence-corrected chi connectivity index (χ0v) is 29.1. The standard InChI is InChI=1S/C32H54N4O10/c1-12-24-31(7,41)15-22(16-34-35-33)25(38)17(2)14-32(8,42-11)28(19(4)26(39)20(5)29(40)45-24)46-30-27(44-21(6)37)23(36(9)10)13-18(3)43-30/h15,17-20,23-24,26-28,30,39,41H,12-14,16H2,1-11H3/t17-,18-,19+,20-,23+,24-,26+,27-,28-,30+,31+,32+/m1/s1. The van der Waals surface area contributed by atoms with Gasteiger partial charge in [-0.05, 0) is 72.7 Å². The van der Waals surface area contributed by atoms with E-state index in [0.717, 1.165) is 0 Å². The number of esters is 2. The maximum atomic E-state index is 13.9. The van der Waals surface area contributed by atoms with E-state index in [2.05, 4.69) is 10.0 Å². The summed E-state index contributed by atoms with van der Waals surface area (Å²) in [5, 5.41) is 26.6. The molecule has 14 heteroatoms. The van der Waals surface area contributed by atoms with Crippen LogP contribution in [0.3, 0.4) is 0 Å². The number of ketones is 1. The number of azide groups is 1. The summed E-state index contributed by atoms with van der Waals surface area (Å²) in [5.41, 5.74) is 5.99. The van der Waals surface area contributed by atoms with E-state index in [1.165, 1.54) is 34.0 Å². The van der Waals surface area contributed by atoms with Gasteiger partial charge in [0.25, 0.3) is 0 Å². The molecule has 0 aliphatic carbocycles. The van der Waals surface area contributed by atoms with Crippen LogP contribution >= 0.6 is 0 Å². The fraction of sp³-hybridized carbons (Fsp3) is 0.844. The number of Topliss-reactive ketones (excluding diaryl/α,β-unsaturated/α-hetero) is 1. The van der Waals surface area contributed by atoms with Gasteiger partial charge in [-0.15, -0.1) is 0 Å². The van der Waals surface area contributed by atoms with Gasteiger partial charge in [0, 0.05) is 36.4 Å². The van der Waals surface area contributed by atoms with E-state index in [1.54, 1.807) is 27.7 Å². The lowest BCUT2D eigenvalue weighted by atomic mass is 9.76.